The second-order valence-electron chi connectivity index (χ2n) is 7.91. The van der Waals surface area contributed by atoms with Crippen molar-refractivity contribution >= 4 is 28.7 Å². The smallest absolute Gasteiger partial charge is 0.223 e. The average Bonchev–Trinajstić information content (AvgIpc) is 3.47. The number of rotatable bonds is 5. The minimum atomic E-state index is 0.0534. The fraction of sp³-hybridized carbons (Fsp3) is 0.304. The normalized spacial score (nSPS) is 14.8. The summed E-state index contributed by atoms with van der Waals surface area (Å²) < 4.78 is 1.81. The van der Waals surface area contributed by atoms with Crippen molar-refractivity contribution in [3.05, 3.63) is 64.4 Å². The van der Waals surface area contributed by atoms with Gasteiger partial charge in [0.2, 0.25) is 5.91 Å². The molecule has 0 saturated carbocycles. The molecule has 4 aromatic rings. The molecule has 1 aliphatic rings. The van der Waals surface area contributed by atoms with E-state index in [0.29, 0.717) is 6.54 Å². The first kappa shape index (κ1) is 19.7. The van der Waals surface area contributed by atoms with E-state index in [1.807, 2.05) is 46.3 Å². The molecule has 1 fully saturated rings. The number of piperidine rings is 1. The molecule has 1 aromatic carbocycles. The minimum absolute atomic E-state index is 0.0534. The van der Waals surface area contributed by atoms with Gasteiger partial charge >= 0.3 is 0 Å². The largest absolute Gasteiger partial charge is 0.355 e. The van der Waals surface area contributed by atoms with Crippen LogP contribution in [0.4, 0.5) is 5.82 Å². The number of hydrogen-bond donors (Lipinski definition) is 1. The number of hydrogen-bond acceptors (Lipinski definition) is 6. The lowest BCUT2D eigenvalue weighted by Gasteiger charge is -2.32. The molecule has 0 aliphatic carbocycles. The molecule has 0 atom stereocenters. The summed E-state index contributed by atoms with van der Waals surface area (Å²) in [4.78, 5) is 16.0. The Labute approximate surface area is 184 Å². The van der Waals surface area contributed by atoms with Crippen molar-refractivity contribution in [2.75, 3.05) is 18.0 Å². The third kappa shape index (κ3) is 4.16. The van der Waals surface area contributed by atoms with Crippen LogP contribution in [0.15, 0.2) is 53.9 Å². The van der Waals surface area contributed by atoms with E-state index in [9.17, 15) is 4.79 Å². The second kappa shape index (κ2) is 8.47. The fourth-order valence-corrected chi connectivity index (χ4v) is 4.66. The summed E-state index contributed by atoms with van der Waals surface area (Å²) in [5.74, 6) is 1.83. The van der Waals surface area contributed by atoms with Crippen molar-refractivity contribution in [1.29, 1.82) is 0 Å². The summed E-state index contributed by atoms with van der Waals surface area (Å²) in [5.41, 5.74) is 2.89. The maximum atomic E-state index is 12.5. The van der Waals surface area contributed by atoms with E-state index in [4.69, 9.17) is 5.10 Å². The number of nitrogens with zero attached hydrogens (tertiary/aromatic N) is 5. The first-order valence-corrected chi connectivity index (χ1v) is 11.4. The van der Waals surface area contributed by atoms with E-state index in [1.165, 1.54) is 10.4 Å². The number of aryl methyl sites for hydroxylation is 1. The van der Waals surface area contributed by atoms with Gasteiger partial charge in [-0.05, 0) is 49.4 Å². The molecule has 158 valence electrons. The third-order valence-corrected chi connectivity index (χ3v) is 6.61. The summed E-state index contributed by atoms with van der Waals surface area (Å²) in [5, 5.41) is 18.5. The Morgan fingerprint density at radius 1 is 1.13 bits per heavy atom. The number of thiophene rings is 1. The second-order valence-corrected chi connectivity index (χ2v) is 8.95. The Morgan fingerprint density at radius 2 is 2.00 bits per heavy atom. The number of amides is 1. The molecule has 1 saturated heterocycles. The summed E-state index contributed by atoms with van der Waals surface area (Å²) in [7, 11) is 0. The van der Waals surface area contributed by atoms with Gasteiger partial charge < -0.3 is 10.2 Å². The molecular formula is C23H24N6OS. The van der Waals surface area contributed by atoms with Gasteiger partial charge in [0.25, 0.3) is 0 Å². The Kier molecular flexibility index (Phi) is 5.38. The highest BCUT2D eigenvalue weighted by Gasteiger charge is 2.26. The van der Waals surface area contributed by atoms with E-state index >= 15 is 0 Å². The van der Waals surface area contributed by atoms with Gasteiger partial charge in [-0.25, -0.2) is 0 Å². The standard InChI is InChI=1S/C23H24N6OS/c1-16-4-2-5-18(14-16)22-26-25-20-7-8-21(27-29(20)22)28-11-9-17(10-12-28)23(30)24-15-19-6-3-13-31-19/h2-8,13-14,17H,9-12,15H2,1H3,(H,24,30). The molecule has 4 heterocycles. The Balaban J connectivity index is 1.27. The van der Waals surface area contributed by atoms with Crippen LogP contribution in [0.3, 0.4) is 0 Å². The van der Waals surface area contributed by atoms with E-state index in [-0.39, 0.29) is 11.8 Å². The lowest BCUT2D eigenvalue weighted by atomic mass is 9.96. The number of carbonyl (C=O) groups is 1. The zero-order valence-electron chi connectivity index (χ0n) is 17.4. The topological polar surface area (TPSA) is 75.4 Å². The lowest BCUT2D eigenvalue weighted by Crippen LogP contribution is -2.40. The molecule has 5 rings (SSSR count). The zero-order chi connectivity index (χ0) is 21.2. The molecular weight excluding hydrogens is 408 g/mol. The van der Waals surface area contributed by atoms with Crippen molar-refractivity contribution in [1.82, 2.24) is 25.1 Å². The van der Waals surface area contributed by atoms with E-state index in [2.05, 4.69) is 39.5 Å². The highest BCUT2D eigenvalue weighted by atomic mass is 32.1. The predicted molar refractivity (Wildman–Crippen MR) is 122 cm³/mol. The quantitative estimate of drug-likeness (QED) is 0.521. The van der Waals surface area contributed by atoms with Gasteiger partial charge in [-0.3, -0.25) is 4.79 Å². The Morgan fingerprint density at radius 3 is 2.77 bits per heavy atom. The summed E-state index contributed by atoms with van der Waals surface area (Å²) >= 11 is 1.67. The van der Waals surface area contributed by atoms with Crippen LogP contribution in [0, 0.1) is 12.8 Å². The number of nitrogens with one attached hydrogen (secondary N) is 1. The summed E-state index contributed by atoms with van der Waals surface area (Å²) in [6, 6.07) is 16.2. The Bertz CT molecular complexity index is 1190. The van der Waals surface area contributed by atoms with E-state index < -0.39 is 0 Å². The van der Waals surface area contributed by atoms with Crippen molar-refractivity contribution < 1.29 is 4.79 Å². The van der Waals surface area contributed by atoms with Crippen molar-refractivity contribution in [2.24, 2.45) is 5.92 Å². The third-order valence-electron chi connectivity index (χ3n) is 5.73. The molecule has 0 spiro atoms. The van der Waals surface area contributed by atoms with Crippen LogP contribution in [-0.2, 0) is 11.3 Å². The van der Waals surface area contributed by atoms with Crippen LogP contribution in [0.2, 0.25) is 0 Å². The number of benzene rings is 1. The van der Waals surface area contributed by atoms with Gasteiger partial charge in [0.15, 0.2) is 11.5 Å². The van der Waals surface area contributed by atoms with Gasteiger partial charge in [-0.2, -0.15) is 4.52 Å². The SMILES string of the molecule is Cc1cccc(-c2nnc3ccc(N4CCC(C(=O)NCc5cccs5)CC4)nn23)c1. The number of anilines is 1. The molecule has 3 aromatic heterocycles. The molecule has 1 N–H and O–H groups in total. The van der Waals surface area contributed by atoms with Crippen molar-refractivity contribution in [2.45, 2.75) is 26.3 Å². The average molecular weight is 433 g/mol. The first-order chi connectivity index (χ1) is 15.2. The monoisotopic (exact) mass is 432 g/mol. The first-order valence-electron chi connectivity index (χ1n) is 10.5. The number of fused-ring (bicyclic) bond motifs is 1. The molecule has 31 heavy (non-hydrogen) atoms. The van der Waals surface area contributed by atoms with Crippen LogP contribution in [0.5, 0.6) is 0 Å². The van der Waals surface area contributed by atoms with Crippen LogP contribution in [0.25, 0.3) is 17.0 Å². The maximum absolute atomic E-state index is 12.5. The van der Waals surface area contributed by atoms with Crippen LogP contribution >= 0.6 is 11.3 Å². The van der Waals surface area contributed by atoms with Gasteiger partial charge in [0, 0.05) is 29.4 Å². The lowest BCUT2D eigenvalue weighted by molar-refractivity contribution is -0.125. The van der Waals surface area contributed by atoms with Crippen LogP contribution in [-0.4, -0.2) is 38.8 Å². The van der Waals surface area contributed by atoms with Crippen LogP contribution in [0.1, 0.15) is 23.3 Å². The molecule has 7 nitrogen and oxygen atoms in total. The van der Waals surface area contributed by atoms with E-state index in [0.717, 1.165) is 48.8 Å². The minimum Gasteiger partial charge on any atom is -0.355 e. The van der Waals surface area contributed by atoms with Gasteiger partial charge in [-0.15, -0.1) is 26.6 Å². The molecule has 1 aliphatic heterocycles. The zero-order valence-corrected chi connectivity index (χ0v) is 18.2. The maximum Gasteiger partial charge on any atom is 0.223 e. The van der Waals surface area contributed by atoms with Gasteiger partial charge in [0.1, 0.15) is 5.82 Å². The van der Waals surface area contributed by atoms with Crippen molar-refractivity contribution in [3.8, 4) is 11.4 Å². The molecule has 1 amide bonds. The van der Waals surface area contributed by atoms with Gasteiger partial charge in [-0.1, -0.05) is 29.8 Å². The fourth-order valence-electron chi connectivity index (χ4n) is 4.01. The predicted octanol–water partition coefficient (Wildman–Crippen LogP) is 3.69. The molecule has 0 radical (unpaired) electrons. The highest BCUT2D eigenvalue weighted by molar-refractivity contribution is 7.09. The van der Waals surface area contributed by atoms with Crippen LogP contribution < -0.4 is 10.2 Å². The Hall–Kier alpha value is -3.26. The molecule has 0 bridgehead atoms. The number of aromatic nitrogens is 4. The molecule has 8 heteroatoms. The summed E-state index contributed by atoms with van der Waals surface area (Å²) in [6.45, 7) is 4.28. The van der Waals surface area contributed by atoms with Gasteiger partial charge in [0.05, 0.1) is 6.54 Å². The van der Waals surface area contributed by atoms with E-state index in [1.54, 1.807) is 11.3 Å². The number of carbonyl (C=O) groups excluding carboxylic acids is 1. The summed E-state index contributed by atoms with van der Waals surface area (Å²) in [6.07, 6.45) is 1.64. The molecule has 0 unspecified atom stereocenters. The highest BCUT2D eigenvalue weighted by Crippen LogP contribution is 2.24. The van der Waals surface area contributed by atoms with Crippen molar-refractivity contribution in [3.63, 3.8) is 0 Å².